The monoisotopic (exact) mass is 359 g/mol. The average molecular weight is 359 g/mol. The van der Waals surface area contributed by atoms with Crippen LogP contribution in [0.3, 0.4) is 0 Å². The van der Waals surface area contributed by atoms with E-state index >= 15 is 0 Å². The maximum Gasteiger partial charge on any atom is 0.337 e. The van der Waals surface area contributed by atoms with Gasteiger partial charge in [0.25, 0.3) is 5.91 Å². The molecule has 26 heavy (non-hydrogen) atoms. The van der Waals surface area contributed by atoms with E-state index in [1.165, 1.54) is 33.5 Å². The molecule has 0 atom stereocenters. The number of rotatable bonds is 5. The molecule has 0 saturated heterocycles. The smallest absolute Gasteiger partial charge is 0.337 e. The van der Waals surface area contributed by atoms with E-state index in [0.717, 1.165) is 5.56 Å². The van der Waals surface area contributed by atoms with Crippen molar-refractivity contribution in [2.45, 2.75) is 6.92 Å². The van der Waals surface area contributed by atoms with Crippen molar-refractivity contribution >= 4 is 17.6 Å². The largest absolute Gasteiger partial charge is 0.493 e. The number of hydrogen-bond donors (Lipinski definition) is 3. The lowest BCUT2D eigenvalue weighted by Crippen LogP contribution is -2.43. The van der Waals surface area contributed by atoms with Crippen molar-refractivity contribution < 1.29 is 23.8 Å². The molecule has 2 rings (SSSR count). The second-order valence-corrected chi connectivity index (χ2v) is 5.32. The Bertz CT molecular complexity index is 782. The Morgan fingerprint density at radius 1 is 0.885 bits per heavy atom. The summed E-state index contributed by atoms with van der Waals surface area (Å²) >= 11 is 0. The minimum atomic E-state index is -0.573. The molecular weight excluding hydrogens is 338 g/mol. The van der Waals surface area contributed by atoms with Gasteiger partial charge in [0.15, 0.2) is 11.5 Å². The molecule has 0 heterocycles. The number of hydrogen-bond acceptors (Lipinski definition) is 5. The Kier molecular flexibility index (Phi) is 6.26. The van der Waals surface area contributed by atoms with Crippen LogP contribution in [0.15, 0.2) is 36.4 Å². The molecule has 0 aliphatic carbocycles. The predicted molar refractivity (Wildman–Crippen MR) is 96.9 cm³/mol. The molecule has 3 amide bonds. The summed E-state index contributed by atoms with van der Waals surface area (Å²) in [6.07, 6.45) is 0. The molecule has 0 radical (unpaired) electrons. The highest BCUT2D eigenvalue weighted by molar-refractivity contribution is 5.98. The molecule has 2 aromatic carbocycles. The van der Waals surface area contributed by atoms with E-state index in [9.17, 15) is 9.59 Å². The summed E-state index contributed by atoms with van der Waals surface area (Å²) in [5, 5.41) is 2.62. The van der Waals surface area contributed by atoms with Crippen molar-refractivity contribution in [2.24, 2.45) is 0 Å². The second-order valence-electron chi connectivity index (χ2n) is 5.32. The number of hydrazine groups is 1. The van der Waals surface area contributed by atoms with Crippen molar-refractivity contribution in [3.05, 3.63) is 47.5 Å². The van der Waals surface area contributed by atoms with Gasteiger partial charge in [0.1, 0.15) is 0 Å². The molecule has 138 valence electrons. The zero-order chi connectivity index (χ0) is 19.1. The number of nitrogens with one attached hydrogen (secondary N) is 3. The van der Waals surface area contributed by atoms with Crippen molar-refractivity contribution in [1.29, 1.82) is 0 Å². The van der Waals surface area contributed by atoms with Gasteiger partial charge < -0.3 is 19.5 Å². The maximum atomic E-state index is 12.3. The number of methoxy groups -OCH3 is 3. The van der Waals surface area contributed by atoms with Gasteiger partial charge in [0, 0.05) is 11.3 Å². The number of ether oxygens (including phenoxy) is 3. The van der Waals surface area contributed by atoms with Gasteiger partial charge in [-0.3, -0.25) is 10.2 Å². The third-order valence-electron chi connectivity index (χ3n) is 3.49. The summed E-state index contributed by atoms with van der Waals surface area (Å²) in [7, 11) is 4.37. The van der Waals surface area contributed by atoms with E-state index < -0.39 is 11.9 Å². The summed E-state index contributed by atoms with van der Waals surface area (Å²) in [5.74, 6) is 0.503. The molecule has 0 unspecified atom stereocenters. The van der Waals surface area contributed by atoms with Crippen LogP contribution in [0.2, 0.25) is 0 Å². The highest BCUT2D eigenvalue weighted by Crippen LogP contribution is 2.38. The van der Waals surface area contributed by atoms with Crippen molar-refractivity contribution in [2.75, 3.05) is 26.6 Å². The molecule has 0 fully saturated rings. The number of aryl methyl sites for hydroxylation is 1. The predicted octanol–water partition coefficient (Wildman–Crippen LogP) is 2.49. The zero-order valence-electron chi connectivity index (χ0n) is 15.0. The van der Waals surface area contributed by atoms with Gasteiger partial charge in [-0.05, 0) is 36.8 Å². The molecule has 8 nitrogen and oxygen atoms in total. The van der Waals surface area contributed by atoms with Crippen LogP contribution in [0.4, 0.5) is 10.5 Å². The topological polar surface area (TPSA) is 97.9 Å². The van der Waals surface area contributed by atoms with Crippen LogP contribution in [0.25, 0.3) is 0 Å². The Hall–Kier alpha value is -3.42. The summed E-state index contributed by atoms with van der Waals surface area (Å²) < 4.78 is 15.6. The second kappa shape index (κ2) is 8.61. The molecule has 0 bridgehead atoms. The van der Waals surface area contributed by atoms with Gasteiger partial charge in [-0.15, -0.1) is 0 Å². The van der Waals surface area contributed by atoms with Crippen molar-refractivity contribution in [3.8, 4) is 17.2 Å². The number of carbonyl (C=O) groups is 2. The van der Waals surface area contributed by atoms with Crippen LogP contribution in [0.5, 0.6) is 17.2 Å². The molecule has 0 aromatic heterocycles. The van der Waals surface area contributed by atoms with E-state index in [1.54, 1.807) is 12.1 Å². The fourth-order valence-corrected chi connectivity index (χ4v) is 2.28. The van der Waals surface area contributed by atoms with E-state index in [1.807, 2.05) is 19.1 Å². The highest BCUT2D eigenvalue weighted by Gasteiger charge is 2.17. The number of carbonyl (C=O) groups excluding carboxylic acids is 2. The van der Waals surface area contributed by atoms with Crippen LogP contribution >= 0.6 is 0 Å². The first-order valence-electron chi connectivity index (χ1n) is 7.72. The zero-order valence-corrected chi connectivity index (χ0v) is 15.0. The molecule has 0 spiro atoms. The first-order valence-corrected chi connectivity index (χ1v) is 7.72. The molecule has 8 heteroatoms. The van der Waals surface area contributed by atoms with Crippen molar-refractivity contribution in [3.63, 3.8) is 0 Å². The van der Waals surface area contributed by atoms with E-state index in [2.05, 4.69) is 16.2 Å². The van der Waals surface area contributed by atoms with Gasteiger partial charge in [-0.25, -0.2) is 10.2 Å². The van der Waals surface area contributed by atoms with Crippen LogP contribution in [0, 0.1) is 6.92 Å². The van der Waals surface area contributed by atoms with Crippen LogP contribution in [0.1, 0.15) is 15.9 Å². The minimum Gasteiger partial charge on any atom is -0.493 e. The summed E-state index contributed by atoms with van der Waals surface area (Å²) in [4.78, 5) is 24.2. The molecule has 0 saturated carbocycles. The number of anilines is 1. The Labute approximate surface area is 151 Å². The van der Waals surface area contributed by atoms with Gasteiger partial charge >= 0.3 is 6.03 Å². The minimum absolute atomic E-state index is 0.232. The van der Waals surface area contributed by atoms with Gasteiger partial charge in [-0.2, -0.15) is 0 Å². The molecule has 3 N–H and O–H groups in total. The normalized spacial score (nSPS) is 9.85. The lowest BCUT2D eigenvalue weighted by molar-refractivity contribution is 0.0937. The third kappa shape index (κ3) is 4.56. The Morgan fingerprint density at radius 2 is 1.54 bits per heavy atom. The average Bonchev–Trinajstić information content (AvgIpc) is 2.64. The van der Waals surface area contributed by atoms with E-state index in [0.29, 0.717) is 22.9 Å². The SMILES string of the molecule is COc1cc(C(=O)NNC(=O)Nc2cccc(C)c2)cc(OC)c1OC. The van der Waals surface area contributed by atoms with E-state index in [-0.39, 0.29) is 5.56 Å². The van der Waals surface area contributed by atoms with Crippen LogP contribution < -0.4 is 30.4 Å². The molecule has 0 aliphatic rings. The first kappa shape index (κ1) is 18.9. The summed E-state index contributed by atoms with van der Waals surface area (Å²) in [5.41, 5.74) is 6.46. The standard InChI is InChI=1S/C18H21N3O5/c1-11-6-5-7-13(8-11)19-18(23)21-20-17(22)12-9-14(24-2)16(26-4)15(10-12)25-3/h5-10H,1-4H3,(H,20,22)(H2,19,21,23). The third-order valence-corrected chi connectivity index (χ3v) is 3.49. The molecule has 2 aromatic rings. The lowest BCUT2D eigenvalue weighted by Gasteiger charge is -2.14. The quantitative estimate of drug-likeness (QED) is 0.713. The van der Waals surface area contributed by atoms with Gasteiger partial charge in [0.05, 0.1) is 21.3 Å². The Morgan fingerprint density at radius 3 is 2.08 bits per heavy atom. The number of benzene rings is 2. The van der Waals surface area contributed by atoms with Gasteiger partial charge in [-0.1, -0.05) is 12.1 Å². The molecule has 0 aliphatic heterocycles. The fourth-order valence-electron chi connectivity index (χ4n) is 2.28. The highest BCUT2D eigenvalue weighted by atomic mass is 16.5. The maximum absolute atomic E-state index is 12.3. The first-order chi connectivity index (χ1) is 12.5. The molecular formula is C18H21N3O5. The van der Waals surface area contributed by atoms with Crippen LogP contribution in [-0.4, -0.2) is 33.3 Å². The fraction of sp³-hybridized carbons (Fsp3) is 0.222. The van der Waals surface area contributed by atoms with E-state index in [4.69, 9.17) is 14.2 Å². The van der Waals surface area contributed by atoms with Gasteiger partial charge in [0.2, 0.25) is 5.75 Å². The summed E-state index contributed by atoms with van der Waals surface area (Å²) in [6.45, 7) is 1.91. The number of urea groups is 1. The summed E-state index contributed by atoms with van der Waals surface area (Å²) in [6, 6.07) is 9.67. The van der Waals surface area contributed by atoms with Crippen LogP contribution in [-0.2, 0) is 0 Å². The Balaban J connectivity index is 2.04. The lowest BCUT2D eigenvalue weighted by atomic mass is 10.1. The van der Waals surface area contributed by atoms with Crippen molar-refractivity contribution in [1.82, 2.24) is 10.9 Å². The number of amides is 3.